The van der Waals surface area contributed by atoms with Gasteiger partial charge in [0.25, 0.3) is 0 Å². The summed E-state index contributed by atoms with van der Waals surface area (Å²) in [6, 6.07) is 110. The molecule has 0 N–H and O–H groups in total. The number of fused-ring (bicyclic) bond motifs is 13. The summed E-state index contributed by atoms with van der Waals surface area (Å²) in [7, 11) is 0. The van der Waals surface area contributed by atoms with E-state index in [2.05, 4.69) is 316 Å². The highest BCUT2D eigenvalue weighted by atomic mass is 15.0. The van der Waals surface area contributed by atoms with Crippen LogP contribution in [-0.4, -0.2) is 28.2 Å². The number of para-hydroxylation sites is 6. The van der Waals surface area contributed by atoms with Crippen LogP contribution in [0.1, 0.15) is 0 Å². The van der Waals surface area contributed by atoms with Gasteiger partial charge in [-0.05, 0) is 150 Å². The quantitative estimate of drug-likeness (QED) is 0.152. The van der Waals surface area contributed by atoms with Crippen LogP contribution < -0.4 is 0 Å². The van der Waals surface area contributed by atoms with Crippen molar-refractivity contribution in [3.8, 4) is 67.6 Å². The number of rotatable bonds is 8. The summed E-state index contributed by atoms with van der Waals surface area (Å²) in [5, 5.41) is 10.7. The van der Waals surface area contributed by atoms with E-state index < -0.39 is 0 Å². The molecule has 18 aromatic rings. The van der Waals surface area contributed by atoms with Gasteiger partial charge in [0.05, 0.1) is 55.3 Å². The molecule has 0 atom stereocenters. The van der Waals surface area contributed by atoms with Gasteiger partial charge in [-0.15, -0.1) is 0 Å². The summed E-state index contributed by atoms with van der Waals surface area (Å²) in [4.78, 5) is 10.8. The fourth-order valence-electron chi connectivity index (χ4n) is 13.9. The summed E-state index contributed by atoms with van der Waals surface area (Å²) >= 11 is 0. The van der Waals surface area contributed by atoms with Gasteiger partial charge in [-0.3, -0.25) is 0 Å². The van der Waals surface area contributed by atoms with E-state index in [0.29, 0.717) is 5.82 Å². The van der Waals surface area contributed by atoms with Gasteiger partial charge in [-0.25, -0.2) is 9.97 Å². The molecule has 5 aromatic heterocycles. The minimum atomic E-state index is 0.686. The normalized spacial score (nSPS) is 12.0. The van der Waals surface area contributed by atoms with Crippen LogP contribution in [0.15, 0.2) is 303 Å². The Hall–Kier alpha value is -11.6. The molecule has 400 valence electrons. The minimum absolute atomic E-state index is 0.686. The van der Waals surface area contributed by atoms with Crippen LogP contribution in [0.5, 0.6) is 0 Å². The SMILES string of the molecule is c1ccc(-c2nc(-c3cccc(-n4c5ccccc5c5cc(-c6ccc7c(c6)c6ccccc6n7-c6ccccc6)ccc54)c3)c3cc(-n4c5ccccc5c5cc(-c6ccc7c(c6)c6ccccc6n7-c6ccccc6)ccc54)ccc3n2)cc1. The Morgan fingerprint density at radius 2 is 0.523 bits per heavy atom. The molecule has 0 saturated heterocycles. The van der Waals surface area contributed by atoms with Gasteiger partial charge >= 0.3 is 0 Å². The Morgan fingerprint density at radius 1 is 0.186 bits per heavy atom. The summed E-state index contributed by atoms with van der Waals surface area (Å²) in [6.07, 6.45) is 0. The molecule has 0 radical (unpaired) electrons. The first-order valence-corrected chi connectivity index (χ1v) is 29.4. The van der Waals surface area contributed by atoms with E-state index in [1.165, 1.54) is 87.4 Å². The Balaban J connectivity index is 0.765. The predicted molar refractivity (Wildman–Crippen MR) is 359 cm³/mol. The molecule has 86 heavy (non-hydrogen) atoms. The van der Waals surface area contributed by atoms with Crippen molar-refractivity contribution in [1.82, 2.24) is 28.2 Å². The highest BCUT2D eigenvalue weighted by molar-refractivity contribution is 6.15. The highest BCUT2D eigenvalue weighted by Gasteiger charge is 2.21. The van der Waals surface area contributed by atoms with Gasteiger partial charge < -0.3 is 18.3 Å². The average molecular weight is 1100 g/mol. The molecule has 5 heterocycles. The molecule has 0 amide bonds. The van der Waals surface area contributed by atoms with Crippen LogP contribution >= 0.6 is 0 Å². The molecule has 6 nitrogen and oxygen atoms in total. The van der Waals surface area contributed by atoms with Crippen LogP contribution in [-0.2, 0) is 0 Å². The summed E-state index contributed by atoms with van der Waals surface area (Å²) in [6.45, 7) is 0. The highest BCUT2D eigenvalue weighted by Crippen LogP contribution is 2.42. The number of hydrogen-bond acceptors (Lipinski definition) is 2. The van der Waals surface area contributed by atoms with Crippen LogP contribution in [0.4, 0.5) is 0 Å². The molecule has 0 saturated carbocycles. The molecule has 6 heteroatoms. The standard InChI is InChI=1S/C80H50N6/c1-4-19-51(20-5-1)80-81-70-40-39-60(86-74-34-17-13-30-64(74)68-49-55(38-44-78(68)86)53-36-42-76-66(47-53)62-28-11-15-32-72(62)84(76)58-24-8-3-9-25-58)50-69(70)79(82-80)56-21-18-26-59(45-56)85-73-33-16-12-29-63(73)67-48-54(37-43-77(67)85)52-35-41-75-65(46-52)61-27-10-14-31-71(61)83(75)57-22-6-2-7-23-57/h1-50H. The maximum Gasteiger partial charge on any atom is 0.160 e. The first-order chi connectivity index (χ1) is 42.6. The fraction of sp³-hybridized carbons (Fsp3) is 0. The predicted octanol–water partition coefficient (Wildman–Crippen LogP) is 20.7. The first kappa shape index (κ1) is 48.0. The lowest BCUT2D eigenvalue weighted by molar-refractivity contribution is 1.17. The monoisotopic (exact) mass is 1090 g/mol. The van der Waals surface area contributed by atoms with Crippen molar-refractivity contribution in [2.75, 3.05) is 0 Å². The third-order valence-electron chi connectivity index (χ3n) is 17.7. The van der Waals surface area contributed by atoms with E-state index in [4.69, 9.17) is 9.97 Å². The van der Waals surface area contributed by atoms with Crippen molar-refractivity contribution in [2.24, 2.45) is 0 Å². The molecule has 0 unspecified atom stereocenters. The van der Waals surface area contributed by atoms with Crippen LogP contribution in [0.2, 0.25) is 0 Å². The smallest absolute Gasteiger partial charge is 0.160 e. The van der Waals surface area contributed by atoms with Gasteiger partial charge in [-0.1, -0.05) is 176 Å². The molecule has 13 aromatic carbocycles. The lowest BCUT2D eigenvalue weighted by Crippen LogP contribution is -1.99. The number of benzene rings is 13. The van der Waals surface area contributed by atoms with Gasteiger partial charge in [0.2, 0.25) is 0 Å². The van der Waals surface area contributed by atoms with Gasteiger partial charge in [0, 0.05) is 82.4 Å². The van der Waals surface area contributed by atoms with E-state index in [9.17, 15) is 0 Å². The lowest BCUT2D eigenvalue weighted by Gasteiger charge is -2.14. The second-order valence-corrected chi connectivity index (χ2v) is 22.5. The Kier molecular flexibility index (Phi) is 10.6. The lowest BCUT2D eigenvalue weighted by atomic mass is 10.0. The first-order valence-electron chi connectivity index (χ1n) is 29.4. The topological polar surface area (TPSA) is 45.5 Å². The largest absolute Gasteiger partial charge is 0.309 e. The zero-order chi connectivity index (χ0) is 56.4. The molecule has 0 fully saturated rings. The number of hydrogen-bond donors (Lipinski definition) is 0. The molecule has 0 spiro atoms. The fourth-order valence-corrected chi connectivity index (χ4v) is 13.9. The maximum absolute atomic E-state index is 5.51. The molecule has 0 aliphatic heterocycles. The molecular weight excluding hydrogens is 1040 g/mol. The van der Waals surface area contributed by atoms with E-state index in [0.717, 1.165) is 72.5 Å². The molecule has 0 bridgehead atoms. The second kappa shape index (κ2) is 19.0. The third-order valence-corrected chi connectivity index (χ3v) is 17.7. The molecular formula is C80H50N6. The van der Waals surface area contributed by atoms with E-state index in [-0.39, 0.29) is 0 Å². The van der Waals surface area contributed by atoms with Gasteiger partial charge in [-0.2, -0.15) is 0 Å². The molecule has 0 aliphatic rings. The van der Waals surface area contributed by atoms with Crippen LogP contribution in [0, 0.1) is 0 Å². The van der Waals surface area contributed by atoms with Crippen molar-refractivity contribution in [2.45, 2.75) is 0 Å². The zero-order valence-corrected chi connectivity index (χ0v) is 46.6. The Bertz CT molecular complexity index is 5770. The van der Waals surface area contributed by atoms with Crippen molar-refractivity contribution in [3.05, 3.63) is 303 Å². The Morgan fingerprint density at radius 3 is 0.953 bits per heavy atom. The second-order valence-electron chi connectivity index (χ2n) is 22.5. The van der Waals surface area contributed by atoms with Crippen LogP contribution in [0.25, 0.3) is 166 Å². The summed E-state index contributed by atoms with van der Waals surface area (Å²) < 4.78 is 9.57. The molecule has 18 rings (SSSR count). The van der Waals surface area contributed by atoms with Crippen molar-refractivity contribution in [3.63, 3.8) is 0 Å². The van der Waals surface area contributed by atoms with Crippen molar-refractivity contribution < 1.29 is 0 Å². The Labute approximate surface area is 494 Å². The van der Waals surface area contributed by atoms with Gasteiger partial charge in [0.15, 0.2) is 5.82 Å². The maximum atomic E-state index is 5.51. The number of nitrogens with zero attached hydrogens (tertiary/aromatic N) is 6. The summed E-state index contributed by atoms with van der Waals surface area (Å²) in [5.74, 6) is 0.686. The van der Waals surface area contributed by atoms with E-state index in [1.54, 1.807) is 0 Å². The third kappa shape index (κ3) is 7.40. The zero-order valence-electron chi connectivity index (χ0n) is 46.6. The van der Waals surface area contributed by atoms with E-state index in [1.807, 2.05) is 6.07 Å². The number of aromatic nitrogens is 6. The van der Waals surface area contributed by atoms with Gasteiger partial charge in [0.1, 0.15) is 0 Å². The minimum Gasteiger partial charge on any atom is -0.309 e. The summed E-state index contributed by atoms with van der Waals surface area (Å²) in [5.41, 5.74) is 22.2. The van der Waals surface area contributed by atoms with Crippen molar-refractivity contribution in [1.29, 1.82) is 0 Å². The average Bonchev–Trinajstić information content (AvgIpc) is 2.45. The molecule has 0 aliphatic carbocycles. The van der Waals surface area contributed by atoms with Crippen molar-refractivity contribution >= 4 is 98.1 Å². The van der Waals surface area contributed by atoms with E-state index >= 15 is 0 Å². The van der Waals surface area contributed by atoms with Crippen LogP contribution in [0.3, 0.4) is 0 Å².